The summed E-state index contributed by atoms with van der Waals surface area (Å²) in [6, 6.07) is 0.429. The van der Waals surface area contributed by atoms with E-state index >= 15 is 0 Å². The molecule has 26 heavy (non-hydrogen) atoms. The summed E-state index contributed by atoms with van der Waals surface area (Å²) in [5.74, 6) is -5.98. The zero-order valence-electron chi connectivity index (χ0n) is 14.7. The van der Waals surface area contributed by atoms with Crippen LogP contribution in [-0.2, 0) is 4.79 Å². The number of rotatable bonds is 6. The van der Waals surface area contributed by atoms with Crippen molar-refractivity contribution in [2.45, 2.75) is 57.7 Å². The van der Waals surface area contributed by atoms with Gasteiger partial charge < -0.3 is 15.7 Å². The predicted octanol–water partition coefficient (Wildman–Crippen LogP) is 2.28. The maximum Gasteiger partial charge on any atom is 0.251 e. The molecule has 1 aromatic carbocycles. The smallest absolute Gasteiger partial charge is 0.251 e. The zero-order valence-corrected chi connectivity index (χ0v) is 14.7. The summed E-state index contributed by atoms with van der Waals surface area (Å²) >= 11 is 0. The van der Waals surface area contributed by atoms with Gasteiger partial charge in [-0.2, -0.15) is 0 Å². The Morgan fingerprint density at radius 1 is 1.15 bits per heavy atom. The fraction of sp³-hybridized carbons (Fsp3) is 0.556. The van der Waals surface area contributed by atoms with Crippen molar-refractivity contribution in [3.63, 3.8) is 0 Å². The van der Waals surface area contributed by atoms with E-state index < -0.39 is 41.4 Å². The molecule has 0 aliphatic heterocycles. The number of aliphatic hydroxyl groups excluding tert-OH is 1. The number of carbonyl (C=O) groups is 2. The van der Waals surface area contributed by atoms with Crippen LogP contribution in [0, 0.1) is 23.4 Å². The first kappa shape index (κ1) is 20.2. The molecule has 0 aromatic heterocycles. The summed E-state index contributed by atoms with van der Waals surface area (Å²) in [5, 5.41) is 15.3. The molecule has 5 nitrogen and oxygen atoms in total. The minimum Gasteiger partial charge on any atom is -0.383 e. The molecule has 2 amide bonds. The third-order valence-electron chi connectivity index (χ3n) is 4.86. The molecule has 0 saturated heterocycles. The standard InChI is InChI=1S/C18H23F3N2O3/c1-3-9(2)16(24)18(26)23-14-6-4-5-13(14)22-17(25)10-7-11(19)15(21)12(20)8-10/h7-9,13-14,16,24H,3-6H2,1-2H3,(H,22,25)(H,23,26)/t9?,13-,14+,16?/m1/s1. The molecular formula is C18H23F3N2O3. The van der Waals surface area contributed by atoms with Crippen molar-refractivity contribution in [2.75, 3.05) is 0 Å². The number of hydrogen-bond acceptors (Lipinski definition) is 3. The summed E-state index contributed by atoms with van der Waals surface area (Å²) in [6.07, 6.45) is 1.42. The highest BCUT2D eigenvalue weighted by atomic mass is 19.2. The Morgan fingerprint density at radius 3 is 2.23 bits per heavy atom. The summed E-state index contributed by atoms with van der Waals surface area (Å²) in [6.45, 7) is 3.62. The van der Waals surface area contributed by atoms with E-state index in [-0.39, 0.29) is 17.5 Å². The summed E-state index contributed by atoms with van der Waals surface area (Å²) < 4.78 is 39.6. The Labute approximate surface area is 150 Å². The van der Waals surface area contributed by atoms with Gasteiger partial charge in [-0.1, -0.05) is 20.3 Å². The Balaban J connectivity index is 2.02. The molecule has 0 spiro atoms. The van der Waals surface area contributed by atoms with Crippen molar-refractivity contribution in [1.82, 2.24) is 10.6 Å². The highest BCUT2D eigenvalue weighted by Crippen LogP contribution is 2.21. The van der Waals surface area contributed by atoms with E-state index in [0.29, 0.717) is 31.4 Å². The van der Waals surface area contributed by atoms with Crippen LogP contribution in [0.15, 0.2) is 12.1 Å². The maximum absolute atomic E-state index is 13.3. The molecule has 0 bridgehead atoms. The van der Waals surface area contributed by atoms with Gasteiger partial charge >= 0.3 is 0 Å². The molecule has 1 aliphatic carbocycles. The molecule has 1 saturated carbocycles. The SMILES string of the molecule is CCC(C)C(O)C(=O)N[C@H]1CCC[C@H]1NC(=O)c1cc(F)c(F)c(F)c1. The molecule has 1 fully saturated rings. The minimum absolute atomic E-state index is 0.199. The molecule has 0 heterocycles. The van der Waals surface area contributed by atoms with Gasteiger partial charge in [0.2, 0.25) is 5.91 Å². The van der Waals surface area contributed by atoms with E-state index in [1.54, 1.807) is 6.92 Å². The Bertz CT molecular complexity index is 661. The van der Waals surface area contributed by atoms with Crippen LogP contribution in [0.25, 0.3) is 0 Å². The normalized spacial score (nSPS) is 21.9. The minimum atomic E-state index is -1.63. The van der Waals surface area contributed by atoms with Crippen LogP contribution in [0.1, 0.15) is 49.9 Å². The molecule has 1 aliphatic rings. The van der Waals surface area contributed by atoms with Gasteiger partial charge in [-0.15, -0.1) is 0 Å². The summed E-state index contributed by atoms with van der Waals surface area (Å²) in [7, 11) is 0. The lowest BCUT2D eigenvalue weighted by molar-refractivity contribution is -0.132. The van der Waals surface area contributed by atoms with Crippen LogP contribution in [0.2, 0.25) is 0 Å². The number of nitrogens with one attached hydrogen (secondary N) is 2. The van der Waals surface area contributed by atoms with E-state index in [1.807, 2.05) is 6.92 Å². The van der Waals surface area contributed by atoms with E-state index in [4.69, 9.17) is 0 Å². The van der Waals surface area contributed by atoms with Crippen molar-refractivity contribution in [2.24, 2.45) is 5.92 Å². The molecule has 0 radical (unpaired) electrons. The lowest BCUT2D eigenvalue weighted by Crippen LogP contribution is -2.51. The molecule has 8 heteroatoms. The summed E-state index contributed by atoms with van der Waals surface area (Å²) in [4.78, 5) is 24.3. The topological polar surface area (TPSA) is 78.4 Å². The van der Waals surface area contributed by atoms with Crippen molar-refractivity contribution in [3.05, 3.63) is 35.1 Å². The zero-order chi connectivity index (χ0) is 19.4. The highest BCUT2D eigenvalue weighted by Gasteiger charge is 2.32. The number of benzene rings is 1. The van der Waals surface area contributed by atoms with Crippen LogP contribution in [0.3, 0.4) is 0 Å². The molecule has 2 unspecified atom stereocenters. The third-order valence-corrected chi connectivity index (χ3v) is 4.86. The maximum atomic E-state index is 13.3. The van der Waals surface area contributed by atoms with Crippen LogP contribution >= 0.6 is 0 Å². The Kier molecular flexibility index (Phi) is 6.63. The number of hydrogen-bond donors (Lipinski definition) is 3. The number of aliphatic hydroxyl groups is 1. The van der Waals surface area contributed by atoms with Crippen LogP contribution in [-0.4, -0.2) is 35.1 Å². The van der Waals surface area contributed by atoms with Gasteiger partial charge in [-0.3, -0.25) is 9.59 Å². The third kappa shape index (κ3) is 4.55. The lowest BCUT2D eigenvalue weighted by atomic mass is 10.0. The first-order valence-corrected chi connectivity index (χ1v) is 8.68. The van der Waals surface area contributed by atoms with E-state index in [2.05, 4.69) is 10.6 Å². The highest BCUT2D eigenvalue weighted by molar-refractivity contribution is 5.94. The second-order valence-electron chi connectivity index (χ2n) is 6.71. The molecule has 2 rings (SSSR count). The Morgan fingerprint density at radius 2 is 1.69 bits per heavy atom. The average Bonchev–Trinajstić information content (AvgIpc) is 3.04. The van der Waals surface area contributed by atoms with Gasteiger partial charge in [-0.25, -0.2) is 13.2 Å². The van der Waals surface area contributed by atoms with Gasteiger partial charge in [0.25, 0.3) is 5.91 Å². The fourth-order valence-electron chi connectivity index (χ4n) is 2.99. The van der Waals surface area contributed by atoms with E-state index in [9.17, 15) is 27.9 Å². The first-order valence-electron chi connectivity index (χ1n) is 8.68. The van der Waals surface area contributed by atoms with E-state index in [0.717, 1.165) is 6.42 Å². The first-order chi connectivity index (χ1) is 12.2. The van der Waals surface area contributed by atoms with Crippen LogP contribution in [0.5, 0.6) is 0 Å². The van der Waals surface area contributed by atoms with Crippen molar-refractivity contribution < 1.29 is 27.9 Å². The van der Waals surface area contributed by atoms with Crippen molar-refractivity contribution in [3.8, 4) is 0 Å². The monoisotopic (exact) mass is 372 g/mol. The average molecular weight is 372 g/mol. The largest absolute Gasteiger partial charge is 0.383 e. The van der Waals surface area contributed by atoms with Crippen molar-refractivity contribution >= 4 is 11.8 Å². The number of carbonyl (C=O) groups excluding carboxylic acids is 2. The molecule has 4 atom stereocenters. The molecule has 3 N–H and O–H groups in total. The van der Waals surface area contributed by atoms with E-state index in [1.165, 1.54) is 0 Å². The lowest BCUT2D eigenvalue weighted by Gasteiger charge is -2.25. The number of halogens is 3. The second kappa shape index (κ2) is 8.53. The van der Waals surface area contributed by atoms with Gasteiger partial charge in [0, 0.05) is 17.6 Å². The van der Waals surface area contributed by atoms with Gasteiger partial charge in [-0.05, 0) is 37.3 Å². The number of amides is 2. The Hall–Kier alpha value is -2.09. The molecule has 1 aromatic rings. The molecule has 144 valence electrons. The van der Waals surface area contributed by atoms with Gasteiger partial charge in [0.1, 0.15) is 6.10 Å². The van der Waals surface area contributed by atoms with Gasteiger partial charge in [0.15, 0.2) is 17.5 Å². The summed E-state index contributed by atoms with van der Waals surface area (Å²) in [5.41, 5.74) is -0.335. The molecular weight excluding hydrogens is 349 g/mol. The quantitative estimate of drug-likeness (QED) is 0.671. The second-order valence-corrected chi connectivity index (χ2v) is 6.71. The fourth-order valence-corrected chi connectivity index (χ4v) is 2.99. The van der Waals surface area contributed by atoms with Crippen LogP contribution in [0.4, 0.5) is 13.2 Å². The van der Waals surface area contributed by atoms with Gasteiger partial charge in [0.05, 0.1) is 0 Å². The predicted molar refractivity (Wildman–Crippen MR) is 88.8 cm³/mol. The van der Waals surface area contributed by atoms with Crippen LogP contribution < -0.4 is 10.6 Å². The van der Waals surface area contributed by atoms with Crippen molar-refractivity contribution in [1.29, 1.82) is 0 Å².